The van der Waals surface area contributed by atoms with Gasteiger partial charge in [-0.3, -0.25) is 0 Å². The first kappa shape index (κ1) is 14.0. The summed E-state index contributed by atoms with van der Waals surface area (Å²) in [7, 11) is 0. The normalized spacial score (nSPS) is 11.6. The van der Waals surface area contributed by atoms with E-state index in [1.54, 1.807) is 18.3 Å². The number of aliphatic hydroxyl groups is 1. The van der Waals surface area contributed by atoms with Crippen molar-refractivity contribution in [2.45, 2.75) is 12.3 Å². The number of benzene rings is 1. The third-order valence-electron chi connectivity index (χ3n) is 3.17. The number of hydrogen-bond donors (Lipinski definition) is 2. The fourth-order valence-electron chi connectivity index (χ4n) is 2.06. The Labute approximate surface area is 118 Å². The Balaban J connectivity index is 2.00. The van der Waals surface area contributed by atoms with Gasteiger partial charge in [0.25, 0.3) is 0 Å². The van der Waals surface area contributed by atoms with Gasteiger partial charge >= 0.3 is 0 Å². The minimum atomic E-state index is 0.155. The molecule has 0 spiro atoms. The van der Waals surface area contributed by atoms with Crippen molar-refractivity contribution in [2.24, 2.45) is 0 Å². The summed E-state index contributed by atoms with van der Waals surface area (Å²) in [6.07, 6.45) is 2.25. The smallest absolute Gasteiger partial charge is 0.125 e. The van der Waals surface area contributed by atoms with E-state index in [1.807, 2.05) is 24.3 Å². The van der Waals surface area contributed by atoms with E-state index in [1.165, 1.54) is 5.56 Å². The lowest BCUT2D eigenvalue weighted by molar-refractivity contribution is 0.277. The summed E-state index contributed by atoms with van der Waals surface area (Å²) in [5, 5.41) is 21.2. The largest absolute Gasteiger partial charge is 0.396 e. The van der Waals surface area contributed by atoms with Crippen molar-refractivity contribution in [3.63, 3.8) is 0 Å². The van der Waals surface area contributed by atoms with E-state index in [2.05, 4.69) is 22.4 Å². The van der Waals surface area contributed by atoms with Crippen LogP contribution in [0.2, 0.25) is 0 Å². The van der Waals surface area contributed by atoms with E-state index in [4.69, 9.17) is 5.26 Å². The molecule has 0 bridgehead atoms. The summed E-state index contributed by atoms with van der Waals surface area (Å²) >= 11 is 0. The minimum Gasteiger partial charge on any atom is -0.396 e. The average molecular weight is 267 g/mol. The van der Waals surface area contributed by atoms with Gasteiger partial charge in [-0.25, -0.2) is 4.98 Å². The van der Waals surface area contributed by atoms with Crippen LogP contribution in [0, 0.1) is 11.3 Å². The maximum Gasteiger partial charge on any atom is 0.125 e. The molecule has 0 saturated heterocycles. The van der Waals surface area contributed by atoms with Crippen molar-refractivity contribution in [2.75, 3.05) is 18.5 Å². The second-order valence-corrected chi connectivity index (χ2v) is 4.54. The highest BCUT2D eigenvalue weighted by molar-refractivity contribution is 5.39. The van der Waals surface area contributed by atoms with Gasteiger partial charge in [0.2, 0.25) is 0 Å². The molecule has 0 radical (unpaired) electrons. The first-order chi connectivity index (χ1) is 9.83. The Morgan fingerprint density at radius 2 is 2.00 bits per heavy atom. The average Bonchev–Trinajstić information content (AvgIpc) is 2.53. The van der Waals surface area contributed by atoms with E-state index >= 15 is 0 Å². The van der Waals surface area contributed by atoms with Crippen molar-refractivity contribution < 1.29 is 5.11 Å². The van der Waals surface area contributed by atoms with Gasteiger partial charge in [0, 0.05) is 25.3 Å². The van der Waals surface area contributed by atoms with Crippen molar-refractivity contribution in [3.05, 3.63) is 59.8 Å². The Kier molecular flexibility index (Phi) is 5.10. The SMILES string of the molecule is N#Cc1ccc(NCC(CCO)c2ccccc2)nc1. The molecule has 0 amide bonds. The second-order valence-electron chi connectivity index (χ2n) is 4.54. The number of aliphatic hydroxyl groups excluding tert-OH is 1. The van der Waals surface area contributed by atoms with Gasteiger partial charge in [-0.05, 0) is 24.1 Å². The Bertz CT molecular complexity index is 561. The molecule has 0 saturated carbocycles. The Morgan fingerprint density at radius 1 is 1.20 bits per heavy atom. The molecule has 2 N–H and O–H groups in total. The molecule has 4 nitrogen and oxygen atoms in total. The van der Waals surface area contributed by atoms with Crippen LogP contribution >= 0.6 is 0 Å². The van der Waals surface area contributed by atoms with Crippen LogP contribution in [0.25, 0.3) is 0 Å². The lowest BCUT2D eigenvalue weighted by Gasteiger charge is -2.17. The van der Waals surface area contributed by atoms with Crippen LogP contribution in [0.3, 0.4) is 0 Å². The maximum absolute atomic E-state index is 9.18. The van der Waals surface area contributed by atoms with Crippen LogP contribution < -0.4 is 5.32 Å². The monoisotopic (exact) mass is 267 g/mol. The van der Waals surface area contributed by atoms with Crippen LogP contribution in [0.4, 0.5) is 5.82 Å². The van der Waals surface area contributed by atoms with E-state index in [0.29, 0.717) is 18.5 Å². The molecule has 0 aliphatic heterocycles. The van der Waals surface area contributed by atoms with Crippen molar-refractivity contribution in [1.82, 2.24) is 4.98 Å². The fraction of sp³-hybridized carbons (Fsp3) is 0.250. The number of anilines is 1. The highest BCUT2D eigenvalue weighted by Crippen LogP contribution is 2.19. The van der Waals surface area contributed by atoms with Crippen LogP contribution in [0.1, 0.15) is 23.5 Å². The van der Waals surface area contributed by atoms with Crippen molar-refractivity contribution in [3.8, 4) is 6.07 Å². The quantitative estimate of drug-likeness (QED) is 0.844. The number of nitriles is 1. The third-order valence-corrected chi connectivity index (χ3v) is 3.17. The molecule has 20 heavy (non-hydrogen) atoms. The molecule has 1 atom stereocenters. The molecule has 1 aromatic carbocycles. The number of rotatable bonds is 6. The molecule has 0 aliphatic carbocycles. The highest BCUT2D eigenvalue weighted by Gasteiger charge is 2.10. The van der Waals surface area contributed by atoms with Gasteiger partial charge < -0.3 is 10.4 Å². The zero-order valence-electron chi connectivity index (χ0n) is 11.2. The topological polar surface area (TPSA) is 68.9 Å². The second kappa shape index (κ2) is 7.27. The molecule has 102 valence electrons. The predicted molar refractivity (Wildman–Crippen MR) is 78.3 cm³/mol. The highest BCUT2D eigenvalue weighted by atomic mass is 16.3. The minimum absolute atomic E-state index is 0.155. The summed E-state index contributed by atoms with van der Waals surface area (Å²) in [4.78, 5) is 4.18. The molecular weight excluding hydrogens is 250 g/mol. The first-order valence-electron chi connectivity index (χ1n) is 6.59. The number of aromatic nitrogens is 1. The molecule has 4 heteroatoms. The standard InChI is InChI=1S/C16H17N3O/c17-10-13-6-7-16(18-11-13)19-12-15(8-9-20)14-4-2-1-3-5-14/h1-7,11,15,20H,8-9,12H2,(H,18,19). The van der Waals surface area contributed by atoms with E-state index in [0.717, 1.165) is 5.82 Å². The van der Waals surface area contributed by atoms with Crippen molar-refractivity contribution >= 4 is 5.82 Å². The molecule has 1 heterocycles. The molecule has 2 rings (SSSR count). The summed E-state index contributed by atoms with van der Waals surface area (Å²) in [6.45, 7) is 0.853. The van der Waals surface area contributed by atoms with Crippen molar-refractivity contribution in [1.29, 1.82) is 5.26 Å². The van der Waals surface area contributed by atoms with E-state index in [9.17, 15) is 5.11 Å². The van der Waals surface area contributed by atoms with Gasteiger partial charge in [-0.1, -0.05) is 30.3 Å². The van der Waals surface area contributed by atoms with E-state index in [-0.39, 0.29) is 12.5 Å². The van der Waals surface area contributed by atoms with Crippen LogP contribution in [-0.4, -0.2) is 23.2 Å². The summed E-state index contributed by atoms with van der Waals surface area (Å²) in [5.41, 5.74) is 1.74. The summed E-state index contributed by atoms with van der Waals surface area (Å²) in [6, 6.07) is 15.7. The van der Waals surface area contributed by atoms with Gasteiger partial charge in [0.15, 0.2) is 0 Å². The maximum atomic E-state index is 9.18. The molecule has 2 aromatic rings. The Morgan fingerprint density at radius 3 is 2.60 bits per heavy atom. The molecule has 0 fully saturated rings. The lowest BCUT2D eigenvalue weighted by Crippen LogP contribution is -2.14. The van der Waals surface area contributed by atoms with Crippen LogP contribution in [0.15, 0.2) is 48.7 Å². The lowest BCUT2D eigenvalue weighted by atomic mass is 9.96. The summed E-state index contributed by atoms with van der Waals surface area (Å²) in [5.74, 6) is 0.974. The fourth-order valence-corrected chi connectivity index (χ4v) is 2.06. The number of hydrogen-bond acceptors (Lipinski definition) is 4. The predicted octanol–water partition coefficient (Wildman–Crippen LogP) is 2.53. The zero-order valence-corrected chi connectivity index (χ0v) is 11.2. The molecule has 0 aliphatic rings. The van der Waals surface area contributed by atoms with Gasteiger partial charge in [0.05, 0.1) is 5.56 Å². The molecule has 1 aromatic heterocycles. The molecular formula is C16H17N3O. The first-order valence-corrected chi connectivity index (χ1v) is 6.59. The zero-order chi connectivity index (χ0) is 14.2. The number of nitrogens with one attached hydrogen (secondary N) is 1. The van der Waals surface area contributed by atoms with Gasteiger partial charge in [-0.15, -0.1) is 0 Å². The van der Waals surface area contributed by atoms with Crippen LogP contribution in [0.5, 0.6) is 0 Å². The van der Waals surface area contributed by atoms with Gasteiger partial charge in [-0.2, -0.15) is 5.26 Å². The van der Waals surface area contributed by atoms with E-state index < -0.39 is 0 Å². The third kappa shape index (κ3) is 3.81. The van der Waals surface area contributed by atoms with Crippen LogP contribution in [-0.2, 0) is 0 Å². The Hall–Kier alpha value is -2.38. The van der Waals surface area contributed by atoms with Gasteiger partial charge in [0.1, 0.15) is 11.9 Å². The number of pyridine rings is 1. The summed E-state index contributed by atoms with van der Waals surface area (Å²) < 4.78 is 0. The number of nitrogens with zero attached hydrogens (tertiary/aromatic N) is 2. The molecule has 1 unspecified atom stereocenters.